The van der Waals surface area contributed by atoms with Crippen molar-refractivity contribution >= 4 is 0 Å². The minimum atomic E-state index is 0.195. The number of piperidine rings is 1. The zero-order chi connectivity index (χ0) is 13.7. The summed E-state index contributed by atoms with van der Waals surface area (Å²) in [5.41, 5.74) is 2.97. The van der Waals surface area contributed by atoms with Crippen LogP contribution in [-0.2, 0) is 5.41 Å². The standard InChI is InChI=1S/C17H28N2/c1-14-7-6-8-15(11-14)17(2,3)13-18-12-16-9-4-5-10-19-16/h6-8,11,16,18-19H,4-5,9-10,12-13H2,1-3H3. The van der Waals surface area contributed by atoms with Crippen LogP contribution in [0.1, 0.15) is 44.2 Å². The highest BCUT2D eigenvalue weighted by atomic mass is 15.0. The Labute approximate surface area is 118 Å². The van der Waals surface area contributed by atoms with Crippen LogP contribution in [0.2, 0.25) is 0 Å². The lowest BCUT2D eigenvalue weighted by Gasteiger charge is -2.29. The normalized spacial score (nSPS) is 20.5. The quantitative estimate of drug-likeness (QED) is 0.850. The van der Waals surface area contributed by atoms with Crippen molar-refractivity contribution in [1.82, 2.24) is 10.6 Å². The third-order valence-electron chi connectivity index (χ3n) is 4.17. The molecule has 0 amide bonds. The van der Waals surface area contributed by atoms with Gasteiger partial charge in [0.1, 0.15) is 0 Å². The fourth-order valence-electron chi connectivity index (χ4n) is 2.83. The zero-order valence-corrected chi connectivity index (χ0v) is 12.6. The number of benzene rings is 1. The first-order chi connectivity index (χ1) is 9.08. The van der Waals surface area contributed by atoms with Crippen LogP contribution >= 0.6 is 0 Å². The maximum absolute atomic E-state index is 3.65. The van der Waals surface area contributed by atoms with Gasteiger partial charge < -0.3 is 10.6 Å². The van der Waals surface area contributed by atoms with Crippen molar-refractivity contribution in [3.8, 4) is 0 Å². The molecule has 106 valence electrons. The second-order valence-corrected chi connectivity index (χ2v) is 6.53. The molecular weight excluding hydrogens is 232 g/mol. The lowest BCUT2D eigenvalue weighted by molar-refractivity contribution is 0.366. The van der Waals surface area contributed by atoms with Gasteiger partial charge in [0, 0.05) is 24.5 Å². The maximum Gasteiger partial charge on any atom is 0.0192 e. The van der Waals surface area contributed by atoms with E-state index in [0.717, 1.165) is 13.1 Å². The van der Waals surface area contributed by atoms with Crippen molar-refractivity contribution < 1.29 is 0 Å². The Morgan fingerprint density at radius 1 is 1.32 bits per heavy atom. The first kappa shape index (κ1) is 14.5. The van der Waals surface area contributed by atoms with E-state index < -0.39 is 0 Å². The molecule has 0 bridgehead atoms. The molecule has 0 aromatic heterocycles. The molecular formula is C17H28N2. The predicted molar refractivity (Wildman–Crippen MR) is 82.7 cm³/mol. The molecule has 1 aliphatic rings. The monoisotopic (exact) mass is 260 g/mol. The molecule has 0 aliphatic carbocycles. The fourth-order valence-corrected chi connectivity index (χ4v) is 2.83. The average Bonchev–Trinajstić information content (AvgIpc) is 2.40. The molecule has 0 spiro atoms. The largest absolute Gasteiger partial charge is 0.314 e. The zero-order valence-electron chi connectivity index (χ0n) is 12.6. The van der Waals surface area contributed by atoms with Gasteiger partial charge in [0.05, 0.1) is 0 Å². The number of aryl methyl sites for hydroxylation is 1. The summed E-state index contributed by atoms with van der Waals surface area (Å²) in [5.74, 6) is 0. The van der Waals surface area contributed by atoms with Gasteiger partial charge in [0.15, 0.2) is 0 Å². The highest BCUT2D eigenvalue weighted by molar-refractivity contribution is 5.28. The van der Waals surface area contributed by atoms with Gasteiger partial charge in [-0.15, -0.1) is 0 Å². The molecule has 1 atom stereocenters. The molecule has 2 rings (SSSR count). The summed E-state index contributed by atoms with van der Waals surface area (Å²) < 4.78 is 0. The Morgan fingerprint density at radius 3 is 2.84 bits per heavy atom. The first-order valence-electron chi connectivity index (χ1n) is 7.59. The van der Waals surface area contributed by atoms with Crippen LogP contribution in [0.3, 0.4) is 0 Å². The van der Waals surface area contributed by atoms with Crippen molar-refractivity contribution in [3.05, 3.63) is 35.4 Å². The molecule has 1 heterocycles. The van der Waals surface area contributed by atoms with Crippen LogP contribution in [0.15, 0.2) is 24.3 Å². The summed E-state index contributed by atoms with van der Waals surface area (Å²) >= 11 is 0. The van der Waals surface area contributed by atoms with E-state index in [9.17, 15) is 0 Å². The van der Waals surface area contributed by atoms with E-state index in [4.69, 9.17) is 0 Å². The van der Waals surface area contributed by atoms with Crippen LogP contribution in [0, 0.1) is 6.92 Å². The van der Waals surface area contributed by atoms with Crippen LogP contribution in [0.4, 0.5) is 0 Å². The minimum absolute atomic E-state index is 0.195. The summed E-state index contributed by atoms with van der Waals surface area (Å²) in [6.45, 7) is 10.1. The van der Waals surface area contributed by atoms with Gasteiger partial charge in [-0.25, -0.2) is 0 Å². The number of nitrogens with one attached hydrogen (secondary N) is 2. The predicted octanol–water partition coefficient (Wildman–Crippen LogP) is 3.00. The maximum atomic E-state index is 3.65. The van der Waals surface area contributed by atoms with E-state index in [1.807, 2.05) is 0 Å². The van der Waals surface area contributed by atoms with E-state index >= 15 is 0 Å². The summed E-state index contributed by atoms with van der Waals surface area (Å²) in [5, 5.41) is 7.24. The minimum Gasteiger partial charge on any atom is -0.314 e. The van der Waals surface area contributed by atoms with Crippen LogP contribution in [-0.4, -0.2) is 25.7 Å². The SMILES string of the molecule is Cc1cccc(C(C)(C)CNCC2CCCCN2)c1. The molecule has 1 aromatic rings. The summed E-state index contributed by atoms with van der Waals surface area (Å²) in [4.78, 5) is 0. The Bertz CT molecular complexity index is 392. The van der Waals surface area contributed by atoms with E-state index in [1.54, 1.807) is 0 Å². The molecule has 2 nitrogen and oxygen atoms in total. The summed E-state index contributed by atoms with van der Waals surface area (Å²) in [6.07, 6.45) is 4.03. The topological polar surface area (TPSA) is 24.1 Å². The number of rotatable bonds is 5. The Kier molecular flexibility index (Phi) is 5.00. The van der Waals surface area contributed by atoms with Crippen molar-refractivity contribution in [2.75, 3.05) is 19.6 Å². The van der Waals surface area contributed by atoms with Gasteiger partial charge in [-0.05, 0) is 31.9 Å². The molecule has 1 unspecified atom stereocenters. The highest BCUT2D eigenvalue weighted by Gasteiger charge is 2.21. The Hall–Kier alpha value is -0.860. The molecule has 0 saturated carbocycles. The average molecular weight is 260 g/mol. The van der Waals surface area contributed by atoms with Crippen molar-refractivity contribution in [3.63, 3.8) is 0 Å². The second-order valence-electron chi connectivity index (χ2n) is 6.53. The lowest BCUT2D eigenvalue weighted by Crippen LogP contribution is -2.44. The van der Waals surface area contributed by atoms with E-state index in [-0.39, 0.29) is 5.41 Å². The van der Waals surface area contributed by atoms with Crippen molar-refractivity contribution in [1.29, 1.82) is 0 Å². The van der Waals surface area contributed by atoms with Crippen LogP contribution < -0.4 is 10.6 Å². The molecule has 1 aliphatic heterocycles. The van der Waals surface area contributed by atoms with Gasteiger partial charge in [-0.1, -0.05) is 50.1 Å². The van der Waals surface area contributed by atoms with Gasteiger partial charge in [0.25, 0.3) is 0 Å². The van der Waals surface area contributed by atoms with Gasteiger partial charge in [0.2, 0.25) is 0 Å². The van der Waals surface area contributed by atoms with E-state index in [1.165, 1.54) is 36.9 Å². The molecule has 1 aromatic carbocycles. The molecule has 2 heteroatoms. The molecule has 1 saturated heterocycles. The first-order valence-corrected chi connectivity index (χ1v) is 7.59. The molecule has 1 fully saturated rings. The van der Waals surface area contributed by atoms with Crippen molar-refractivity contribution in [2.45, 2.75) is 51.5 Å². The Morgan fingerprint density at radius 2 is 2.16 bits per heavy atom. The van der Waals surface area contributed by atoms with E-state index in [2.05, 4.69) is 55.7 Å². The second kappa shape index (κ2) is 6.53. The number of hydrogen-bond acceptors (Lipinski definition) is 2. The van der Waals surface area contributed by atoms with Crippen LogP contribution in [0.25, 0.3) is 0 Å². The summed E-state index contributed by atoms with van der Waals surface area (Å²) in [7, 11) is 0. The van der Waals surface area contributed by atoms with Crippen molar-refractivity contribution in [2.24, 2.45) is 0 Å². The van der Waals surface area contributed by atoms with Gasteiger partial charge >= 0.3 is 0 Å². The third-order valence-corrected chi connectivity index (χ3v) is 4.17. The van der Waals surface area contributed by atoms with Crippen LogP contribution in [0.5, 0.6) is 0 Å². The molecule has 0 radical (unpaired) electrons. The van der Waals surface area contributed by atoms with Gasteiger partial charge in [-0.2, -0.15) is 0 Å². The van der Waals surface area contributed by atoms with E-state index in [0.29, 0.717) is 6.04 Å². The van der Waals surface area contributed by atoms with Gasteiger partial charge in [-0.3, -0.25) is 0 Å². The lowest BCUT2D eigenvalue weighted by atomic mass is 9.84. The smallest absolute Gasteiger partial charge is 0.0192 e. The molecule has 19 heavy (non-hydrogen) atoms. The summed E-state index contributed by atoms with van der Waals surface area (Å²) in [6, 6.07) is 9.55. The number of hydrogen-bond donors (Lipinski definition) is 2. The fraction of sp³-hybridized carbons (Fsp3) is 0.647. The highest BCUT2D eigenvalue weighted by Crippen LogP contribution is 2.23. The third kappa shape index (κ3) is 4.32. The Balaban J connectivity index is 1.83. The molecule has 2 N–H and O–H groups in total.